The number of hydrogen-bond donors (Lipinski definition) is 2. The van der Waals surface area contributed by atoms with Crippen LogP contribution >= 0.6 is 0 Å². The molecule has 6 heteroatoms. The number of rotatable bonds is 5. The fourth-order valence-electron chi connectivity index (χ4n) is 1.40. The van der Waals surface area contributed by atoms with Gasteiger partial charge < -0.3 is 11.1 Å². The van der Waals surface area contributed by atoms with Gasteiger partial charge in [-0.2, -0.15) is 0 Å². The number of anilines is 1. The number of nitrogens with one attached hydrogen (secondary N) is 1. The van der Waals surface area contributed by atoms with Crippen molar-refractivity contribution < 1.29 is 9.72 Å². The summed E-state index contributed by atoms with van der Waals surface area (Å²) in [5, 5.41) is 13.5. The molecule has 6 nitrogen and oxygen atoms in total. The molecular formula is C12H17N3O3. The van der Waals surface area contributed by atoms with Gasteiger partial charge in [-0.3, -0.25) is 14.9 Å². The summed E-state index contributed by atoms with van der Waals surface area (Å²) in [6, 6.07) is 3.97. The molecule has 0 aliphatic heterocycles. The number of nitrogen functional groups attached to an aromatic ring is 1. The van der Waals surface area contributed by atoms with Gasteiger partial charge in [0.2, 0.25) is 0 Å². The molecule has 1 aromatic carbocycles. The zero-order valence-electron chi connectivity index (χ0n) is 10.5. The Morgan fingerprint density at radius 2 is 2.22 bits per heavy atom. The van der Waals surface area contributed by atoms with Crippen LogP contribution in [0.5, 0.6) is 0 Å². The van der Waals surface area contributed by atoms with Crippen molar-refractivity contribution in [2.24, 2.45) is 5.92 Å². The Bertz CT molecular complexity index is 460. The summed E-state index contributed by atoms with van der Waals surface area (Å²) in [6.07, 6.45) is 0.930. The smallest absolute Gasteiger partial charge is 0.282 e. The molecule has 0 radical (unpaired) electrons. The predicted octanol–water partition coefficient (Wildman–Crippen LogP) is 1.95. The summed E-state index contributed by atoms with van der Waals surface area (Å²) < 4.78 is 0. The number of nitrogens with two attached hydrogens (primary N) is 1. The highest BCUT2D eigenvalue weighted by molar-refractivity contribution is 5.99. The number of amides is 1. The normalized spacial score (nSPS) is 11.9. The van der Waals surface area contributed by atoms with Crippen LogP contribution in [-0.2, 0) is 0 Å². The van der Waals surface area contributed by atoms with Crippen LogP contribution in [0.25, 0.3) is 0 Å². The molecule has 0 aliphatic rings. The van der Waals surface area contributed by atoms with Crippen LogP contribution in [0.15, 0.2) is 18.2 Å². The van der Waals surface area contributed by atoms with Crippen LogP contribution in [0.1, 0.15) is 30.6 Å². The summed E-state index contributed by atoms with van der Waals surface area (Å²) in [5.74, 6) is -0.136. The number of nitro groups is 1. The van der Waals surface area contributed by atoms with Crippen molar-refractivity contribution in [3.63, 3.8) is 0 Å². The van der Waals surface area contributed by atoms with Crippen molar-refractivity contribution in [3.8, 4) is 0 Å². The molecule has 1 aromatic rings. The highest BCUT2D eigenvalue weighted by Crippen LogP contribution is 2.21. The van der Waals surface area contributed by atoms with E-state index in [0.717, 1.165) is 6.42 Å². The second kappa shape index (κ2) is 6.00. The SMILES string of the molecule is CCC(C)CNC(=O)c1cc(N)ccc1[N+](=O)[O-]. The number of carbonyl (C=O) groups excluding carboxylic acids is 1. The molecular weight excluding hydrogens is 234 g/mol. The molecule has 0 aliphatic carbocycles. The minimum atomic E-state index is -0.586. The van der Waals surface area contributed by atoms with Gasteiger partial charge in [0.15, 0.2) is 0 Å². The second-order valence-electron chi connectivity index (χ2n) is 4.26. The van der Waals surface area contributed by atoms with E-state index >= 15 is 0 Å². The average molecular weight is 251 g/mol. The van der Waals surface area contributed by atoms with Crippen molar-refractivity contribution in [2.45, 2.75) is 20.3 Å². The third-order valence-electron chi connectivity index (χ3n) is 2.77. The van der Waals surface area contributed by atoms with Crippen molar-refractivity contribution >= 4 is 17.3 Å². The molecule has 1 unspecified atom stereocenters. The number of benzene rings is 1. The highest BCUT2D eigenvalue weighted by atomic mass is 16.6. The fraction of sp³-hybridized carbons (Fsp3) is 0.417. The lowest BCUT2D eigenvalue weighted by Crippen LogP contribution is -2.28. The maximum absolute atomic E-state index is 11.9. The maximum Gasteiger partial charge on any atom is 0.282 e. The number of nitrogens with zero attached hydrogens (tertiary/aromatic N) is 1. The van der Waals surface area contributed by atoms with Gasteiger partial charge in [-0.05, 0) is 18.1 Å². The van der Waals surface area contributed by atoms with Gasteiger partial charge >= 0.3 is 0 Å². The molecule has 0 spiro atoms. The summed E-state index contributed by atoms with van der Waals surface area (Å²) in [7, 11) is 0. The van der Waals surface area contributed by atoms with Gasteiger partial charge in [-0.25, -0.2) is 0 Å². The number of hydrogen-bond acceptors (Lipinski definition) is 4. The molecule has 0 aromatic heterocycles. The standard InChI is InChI=1S/C12H17N3O3/c1-3-8(2)7-14-12(16)10-6-9(13)4-5-11(10)15(17)18/h4-6,8H,3,7,13H2,1-2H3,(H,14,16). The van der Waals surface area contributed by atoms with Crippen LogP contribution in [0.3, 0.4) is 0 Å². The van der Waals surface area contributed by atoms with E-state index in [4.69, 9.17) is 5.73 Å². The lowest BCUT2D eigenvalue weighted by atomic mass is 10.1. The third-order valence-corrected chi connectivity index (χ3v) is 2.77. The predicted molar refractivity (Wildman–Crippen MR) is 69.3 cm³/mol. The Labute approximate surface area is 105 Å². The molecule has 0 heterocycles. The molecule has 0 saturated heterocycles. The highest BCUT2D eigenvalue weighted by Gasteiger charge is 2.20. The van der Waals surface area contributed by atoms with E-state index in [1.807, 2.05) is 13.8 Å². The van der Waals surface area contributed by atoms with E-state index in [-0.39, 0.29) is 11.3 Å². The molecule has 1 amide bonds. The van der Waals surface area contributed by atoms with Gasteiger partial charge in [0, 0.05) is 18.3 Å². The fourth-order valence-corrected chi connectivity index (χ4v) is 1.40. The topological polar surface area (TPSA) is 98.3 Å². The Hall–Kier alpha value is -2.11. The maximum atomic E-state index is 11.9. The van der Waals surface area contributed by atoms with E-state index in [1.165, 1.54) is 18.2 Å². The largest absolute Gasteiger partial charge is 0.399 e. The minimum absolute atomic E-state index is 0.00306. The molecule has 1 rings (SSSR count). The molecule has 18 heavy (non-hydrogen) atoms. The van der Waals surface area contributed by atoms with Gasteiger partial charge in [-0.1, -0.05) is 20.3 Å². The summed E-state index contributed by atoms with van der Waals surface area (Å²) in [5.41, 5.74) is 5.65. The van der Waals surface area contributed by atoms with Gasteiger partial charge in [0.1, 0.15) is 5.56 Å². The van der Waals surface area contributed by atoms with Crippen LogP contribution < -0.4 is 11.1 Å². The van der Waals surface area contributed by atoms with Crippen molar-refractivity contribution in [1.29, 1.82) is 0 Å². The summed E-state index contributed by atoms with van der Waals surface area (Å²) in [6.45, 7) is 4.50. The van der Waals surface area contributed by atoms with E-state index in [9.17, 15) is 14.9 Å². The van der Waals surface area contributed by atoms with Gasteiger partial charge in [0.05, 0.1) is 4.92 Å². The van der Waals surface area contributed by atoms with E-state index in [1.54, 1.807) is 0 Å². The lowest BCUT2D eigenvalue weighted by Gasteiger charge is -2.10. The van der Waals surface area contributed by atoms with Crippen molar-refractivity contribution in [3.05, 3.63) is 33.9 Å². The second-order valence-corrected chi connectivity index (χ2v) is 4.26. The first-order chi connectivity index (χ1) is 8.45. The Balaban J connectivity index is 2.90. The molecule has 3 N–H and O–H groups in total. The molecule has 98 valence electrons. The first-order valence-electron chi connectivity index (χ1n) is 5.77. The molecule has 0 saturated carbocycles. The lowest BCUT2D eigenvalue weighted by molar-refractivity contribution is -0.385. The third kappa shape index (κ3) is 3.44. The van der Waals surface area contributed by atoms with E-state index < -0.39 is 10.8 Å². The van der Waals surface area contributed by atoms with Gasteiger partial charge in [0.25, 0.3) is 11.6 Å². The first kappa shape index (κ1) is 14.0. The Kier molecular flexibility index (Phi) is 4.65. The molecule has 0 bridgehead atoms. The summed E-state index contributed by atoms with van der Waals surface area (Å²) in [4.78, 5) is 22.1. The average Bonchev–Trinajstić information content (AvgIpc) is 2.34. The van der Waals surface area contributed by atoms with E-state index in [2.05, 4.69) is 5.32 Å². The zero-order chi connectivity index (χ0) is 13.7. The number of nitro benzene ring substituents is 1. The van der Waals surface area contributed by atoms with Crippen LogP contribution in [0.4, 0.5) is 11.4 Å². The van der Waals surface area contributed by atoms with Crippen LogP contribution in [-0.4, -0.2) is 17.4 Å². The molecule has 0 fully saturated rings. The molecule has 1 atom stereocenters. The van der Waals surface area contributed by atoms with Crippen LogP contribution in [0.2, 0.25) is 0 Å². The number of carbonyl (C=O) groups is 1. The first-order valence-corrected chi connectivity index (χ1v) is 5.77. The minimum Gasteiger partial charge on any atom is -0.399 e. The quantitative estimate of drug-likeness (QED) is 0.474. The Morgan fingerprint density at radius 1 is 1.56 bits per heavy atom. The van der Waals surface area contributed by atoms with Crippen molar-refractivity contribution in [1.82, 2.24) is 5.32 Å². The Morgan fingerprint density at radius 3 is 2.78 bits per heavy atom. The monoisotopic (exact) mass is 251 g/mol. The van der Waals surface area contributed by atoms with Gasteiger partial charge in [-0.15, -0.1) is 0 Å². The van der Waals surface area contributed by atoms with Crippen LogP contribution in [0, 0.1) is 16.0 Å². The van der Waals surface area contributed by atoms with Crippen molar-refractivity contribution in [2.75, 3.05) is 12.3 Å². The zero-order valence-corrected chi connectivity index (χ0v) is 10.5. The summed E-state index contributed by atoms with van der Waals surface area (Å²) >= 11 is 0. The van der Waals surface area contributed by atoms with E-state index in [0.29, 0.717) is 18.2 Å².